The van der Waals surface area contributed by atoms with Crippen LogP contribution in [0.1, 0.15) is 5.69 Å². The van der Waals surface area contributed by atoms with E-state index >= 15 is 0 Å². The first-order chi connectivity index (χ1) is 16.6. The average Bonchev–Trinajstić information content (AvgIpc) is 3.32. The molecule has 0 radical (unpaired) electrons. The molecule has 0 saturated heterocycles. The molecule has 11 heteroatoms. The van der Waals surface area contributed by atoms with Crippen LogP contribution >= 0.6 is 11.6 Å². The number of hydrogen-bond donors (Lipinski definition) is 1. The van der Waals surface area contributed by atoms with Crippen LogP contribution in [-0.4, -0.2) is 29.9 Å². The van der Waals surface area contributed by atoms with Gasteiger partial charge in [-0.1, -0.05) is 47.1 Å². The zero-order valence-corrected chi connectivity index (χ0v) is 18.3. The largest absolute Gasteiger partial charge is 0.485 e. The lowest BCUT2D eigenvalue weighted by Crippen LogP contribution is -2.01. The molecular formula is C23H16ClN7O3. The first kappa shape index (κ1) is 21.3. The van der Waals surface area contributed by atoms with E-state index in [0.29, 0.717) is 33.6 Å². The van der Waals surface area contributed by atoms with Crippen molar-refractivity contribution in [3.05, 3.63) is 100.0 Å². The second-order valence-electron chi connectivity index (χ2n) is 7.21. The van der Waals surface area contributed by atoms with E-state index in [1.54, 1.807) is 48.8 Å². The van der Waals surface area contributed by atoms with Crippen LogP contribution in [0.4, 0.5) is 17.3 Å². The Balaban J connectivity index is 1.37. The lowest BCUT2D eigenvalue weighted by molar-refractivity contribution is -0.384. The summed E-state index contributed by atoms with van der Waals surface area (Å²) in [6.07, 6.45) is 3.29. The van der Waals surface area contributed by atoms with E-state index in [1.165, 1.54) is 10.7 Å². The highest BCUT2D eigenvalue weighted by molar-refractivity contribution is 6.30. The number of hydrogen-bond acceptors (Lipinski definition) is 8. The monoisotopic (exact) mass is 473 g/mol. The molecule has 2 aromatic heterocycles. The molecule has 0 aliphatic heterocycles. The van der Waals surface area contributed by atoms with Crippen molar-refractivity contribution >= 4 is 39.8 Å². The summed E-state index contributed by atoms with van der Waals surface area (Å²) in [7, 11) is 0. The lowest BCUT2D eigenvalue weighted by atomic mass is 10.2. The standard InChI is InChI=1S/C23H16ClN7O3/c24-16-6-4-7-17(11-16)26-23-25-12-15-5-3-10-21(22(15)27-23)34-14-18-13-30(29-28-18)19-8-1-2-9-20(19)31(32)33/h1-13H,14H2,(H,25,26,27). The first-order valence-electron chi connectivity index (χ1n) is 10.1. The van der Waals surface area contributed by atoms with Gasteiger partial charge in [0.25, 0.3) is 5.69 Å². The van der Waals surface area contributed by atoms with Crippen molar-refractivity contribution in [2.45, 2.75) is 6.61 Å². The van der Waals surface area contributed by atoms with Gasteiger partial charge in [0.1, 0.15) is 29.3 Å². The normalized spacial score (nSPS) is 10.9. The number of nitrogens with one attached hydrogen (secondary N) is 1. The van der Waals surface area contributed by atoms with Crippen molar-refractivity contribution in [2.24, 2.45) is 0 Å². The molecule has 3 aromatic carbocycles. The zero-order chi connectivity index (χ0) is 23.5. The minimum absolute atomic E-state index is 0.0645. The van der Waals surface area contributed by atoms with Crippen molar-refractivity contribution in [2.75, 3.05) is 5.32 Å². The van der Waals surface area contributed by atoms with Gasteiger partial charge in [-0.15, -0.1) is 5.10 Å². The number of para-hydroxylation sites is 3. The van der Waals surface area contributed by atoms with E-state index in [9.17, 15) is 10.1 Å². The van der Waals surface area contributed by atoms with Crippen LogP contribution < -0.4 is 10.1 Å². The van der Waals surface area contributed by atoms with Gasteiger partial charge < -0.3 is 10.1 Å². The molecule has 0 unspecified atom stereocenters. The van der Waals surface area contributed by atoms with Gasteiger partial charge >= 0.3 is 0 Å². The number of nitro groups is 1. The summed E-state index contributed by atoms with van der Waals surface area (Å²) in [5.41, 5.74) is 2.14. The summed E-state index contributed by atoms with van der Waals surface area (Å²) in [5, 5.41) is 23.9. The molecule has 168 valence electrons. The van der Waals surface area contributed by atoms with Crippen LogP contribution in [-0.2, 0) is 6.61 Å². The zero-order valence-electron chi connectivity index (χ0n) is 17.5. The van der Waals surface area contributed by atoms with E-state index in [-0.39, 0.29) is 12.3 Å². The van der Waals surface area contributed by atoms with Crippen LogP contribution in [0.15, 0.2) is 79.1 Å². The lowest BCUT2D eigenvalue weighted by Gasteiger charge is -2.09. The quantitative estimate of drug-likeness (QED) is 0.256. The third kappa shape index (κ3) is 4.48. The molecule has 0 spiro atoms. The molecule has 0 fully saturated rings. The highest BCUT2D eigenvalue weighted by Crippen LogP contribution is 2.27. The average molecular weight is 474 g/mol. The Morgan fingerprint density at radius 2 is 1.94 bits per heavy atom. The van der Waals surface area contributed by atoms with E-state index < -0.39 is 4.92 Å². The van der Waals surface area contributed by atoms with Crippen LogP contribution in [0.5, 0.6) is 5.75 Å². The minimum Gasteiger partial charge on any atom is -0.485 e. The van der Waals surface area contributed by atoms with Crippen molar-refractivity contribution in [1.82, 2.24) is 25.0 Å². The van der Waals surface area contributed by atoms with Gasteiger partial charge in [0.15, 0.2) is 0 Å². The Bertz CT molecular complexity index is 1510. The predicted molar refractivity (Wildman–Crippen MR) is 127 cm³/mol. The van der Waals surface area contributed by atoms with Gasteiger partial charge in [0.2, 0.25) is 5.95 Å². The second-order valence-corrected chi connectivity index (χ2v) is 7.65. The maximum atomic E-state index is 11.3. The van der Waals surface area contributed by atoms with Crippen LogP contribution in [0.3, 0.4) is 0 Å². The molecule has 0 aliphatic rings. The SMILES string of the molecule is O=[N+]([O-])c1ccccc1-n1cc(COc2cccc3cnc(Nc4cccc(Cl)c4)nc23)nn1. The van der Waals surface area contributed by atoms with Gasteiger partial charge in [0.05, 0.1) is 11.1 Å². The summed E-state index contributed by atoms with van der Waals surface area (Å²) in [6, 6.07) is 19.1. The van der Waals surface area contributed by atoms with E-state index in [1.807, 2.05) is 24.3 Å². The van der Waals surface area contributed by atoms with Gasteiger partial charge in [0, 0.05) is 28.4 Å². The molecule has 10 nitrogen and oxygen atoms in total. The number of nitrogens with zero attached hydrogens (tertiary/aromatic N) is 6. The van der Waals surface area contributed by atoms with Crippen LogP contribution in [0.25, 0.3) is 16.6 Å². The molecular weight excluding hydrogens is 458 g/mol. The molecule has 5 rings (SSSR count). The van der Waals surface area contributed by atoms with Gasteiger partial charge in [-0.25, -0.2) is 14.6 Å². The maximum absolute atomic E-state index is 11.3. The molecule has 34 heavy (non-hydrogen) atoms. The smallest absolute Gasteiger partial charge is 0.294 e. The van der Waals surface area contributed by atoms with E-state index in [2.05, 4.69) is 25.6 Å². The minimum atomic E-state index is -0.460. The molecule has 5 aromatic rings. The fourth-order valence-corrected chi connectivity index (χ4v) is 3.54. The number of ether oxygens (including phenoxy) is 1. The van der Waals surface area contributed by atoms with Gasteiger partial charge in [-0.05, 0) is 30.3 Å². The summed E-state index contributed by atoms with van der Waals surface area (Å²) < 4.78 is 7.32. The molecule has 0 aliphatic carbocycles. The van der Waals surface area contributed by atoms with Crippen LogP contribution in [0.2, 0.25) is 5.02 Å². The molecule has 2 heterocycles. The molecule has 0 amide bonds. The number of halogens is 1. The Hall–Kier alpha value is -4.57. The number of rotatable bonds is 7. The summed E-state index contributed by atoms with van der Waals surface area (Å²) >= 11 is 6.05. The van der Waals surface area contributed by atoms with Gasteiger partial charge in [-0.3, -0.25) is 10.1 Å². The third-order valence-electron chi connectivity index (χ3n) is 4.90. The number of aromatic nitrogens is 5. The molecule has 0 atom stereocenters. The number of nitro benzene ring substituents is 1. The Kier molecular flexibility index (Phi) is 5.71. The van der Waals surface area contributed by atoms with Crippen molar-refractivity contribution < 1.29 is 9.66 Å². The predicted octanol–water partition coefficient (Wildman–Crippen LogP) is 5.09. The maximum Gasteiger partial charge on any atom is 0.294 e. The van der Waals surface area contributed by atoms with E-state index in [4.69, 9.17) is 16.3 Å². The summed E-state index contributed by atoms with van der Waals surface area (Å²) in [6.45, 7) is 0.0980. The Morgan fingerprint density at radius 3 is 2.79 bits per heavy atom. The Morgan fingerprint density at radius 1 is 1.09 bits per heavy atom. The summed E-state index contributed by atoms with van der Waals surface area (Å²) in [4.78, 5) is 19.8. The van der Waals surface area contributed by atoms with Crippen LogP contribution in [0, 0.1) is 10.1 Å². The summed E-state index contributed by atoms with van der Waals surface area (Å²) in [5.74, 6) is 0.933. The van der Waals surface area contributed by atoms with Crippen molar-refractivity contribution in [1.29, 1.82) is 0 Å². The third-order valence-corrected chi connectivity index (χ3v) is 5.13. The van der Waals surface area contributed by atoms with Crippen molar-refractivity contribution in [3.8, 4) is 11.4 Å². The fraction of sp³-hybridized carbons (Fsp3) is 0.0435. The number of anilines is 2. The van der Waals surface area contributed by atoms with Gasteiger partial charge in [-0.2, -0.15) is 0 Å². The fourth-order valence-electron chi connectivity index (χ4n) is 3.35. The first-order valence-corrected chi connectivity index (χ1v) is 10.5. The second kappa shape index (κ2) is 9.12. The number of benzene rings is 3. The highest BCUT2D eigenvalue weighted by Gasteiger charge is 2.16. The molecule has 1 N–H and O–H groups in total. The topological polar surface area (TPSA) is 121 Å². The molecule has 0 bridgehead atoms. The highest BCUT2D eigenvalue weighted by atomic mass is 35.5. The van der Waals surface area contributed by atoms with E-state index in [0.717, 1.165) is 11.1 Å². The Labute approximate surface area is 198 Å². The van der Waals surface area contributed by atoms with Crippen molar-refractivity contribution in [3.63, 3.8) is 0 Å². The number of fused-ring (bicyclic) bond motifs is 1. The molecule has 0 saturated carbocycles.